The highest BCUT2D eigenvalue weighted by Gasteiger charge is 2.27. The molecular weight excluding hydrogens is 790 g/mol. The summed E-state index contributed by atoms with van der Waals surface area (Å²) in [6.07, 6.45) is 5.00. The maximum absolute atomic E-state index is 15.7. The first kappa shape index (κ1) is 40.2. The van der Waals surface area contributed by atoms with E-state index in [9.17, 15) is 18.0 Å². The summed E-state index contributed by atoms with van der Waals surface area (Å²) in [5.74, 6) is -0.996. The number of ketones is 1. The van der Waals surface area contributed by atoms with Gasteiger partial charge in [0.25, 0.3) is 5.91 Å². The molecule has 0 aliphatic carbocycles. The molecule has 1 saturated heterocycles. The van der Waals surface area contributed by atoms with Crippen molar-refractivity contribution in [3.8, 4) is 0 Å². The number of amides is 1. The van der Waals surface area contributed by atoms with Crippen molar-refractivity contribution in [3.05, 3.63) is 144 Å². The van der Waals surface area contributed by atoms with E-state index in [4.69, 9.17) is 4.74 Å². The number of pyridine rings is 2. The maximum atomic E-state index is 15.7. The Morgan fingerprint density at radius 1 is 0.898 bits per heavy atom. The number of hydrogen-bond acceptors (Lipinski definition) is 11. The van der Waals surface area contributed by atoms with Gasteiger partial charge in [0.05, 0.1) is 30.0 Å². The Morgan fingerprint density at radius 3 is 2.53 bits per heavy atom. The molecule has 2 N–H and O–H groups in total. The minimum Gasteiger partial charge on any atom is -0.379 e. The fourth-order valence-electron chi connectivity index (χ4n) is 7.35. The monoisotopic (exact) mass is 833 g/mol. The van der Waals surface area contributed by atoms with E-state index >= 15 is 4.39 Å². The molecule has 12 nitrogen and oxygen atoms in total. The van der Waals surface area contributed by atoms with Gasteiger partial charge < -0.3 is 24.7 Å². The van der Waals surface area contributed by atoms with E-state index in [0.29, 0.717) is 61.3 Å². The number of rotatable bonds is 15. The molecule has 1 atom stereocenters. The first-order chi connectivity index (χ1) is 28.7. The zero-order valence-electron chi connectivity index (χ0n) is 32.3. The molecule has 1 fully saturated rings. The number of fused-ring (bicyclic) bond motifs is 2. The molecule has 2 aliphatic heterocycles. The van der Waals surface area contributed by atoms with Gasteiger partial charge in [0.2, 0.25) is 0 Å². The Morgan fingerprint density at radius 2 is 1.71 bits per heavy atom. The molecule has 304 valence electrons. The molecule has 8 rings (SSSR count). The van der Waals surface area contributed by atoms with Crippen LogP contribution < -0.4 is 15.5 Å². The molecule has 0 saturated carbocycles. The second-order valence-corrected chi connectivity index (χ2v) is 17.7. The number of nitrogens with one attached hydrogen (secondary N) is 2. The first-order valence-corrected chi connectivity index (χ1v) is 22.2. The molecule has 1 amide bonds. The molecule has 15 heteroatoms. The number of aromatic nitrogens is 3. The first-order valence-electron chi connectivity index (χ1n) is 19.6. The van der Waals surface area contributed by atoms with Crippen LogP contribution in [-0.4, -0.2) is 96.3 Å². The highest BCUT2D eigenvalue weighted by atomic mass is 32.2. The van der Waals surface area contributed by atoms with Crippen molar-refractivity contribution in [2.45, 2.75) is 35.2 Å². The van der Waals surface area contributed by atoms with Crippen molar-refractivity contribution in [2.24, 2.45) is 0 Å². The topological polar surface area (TPSA) is 138 Å². The number of morpholine rings is 1. The van der Waals surface area contributed by atoms with Gasteiger partial charge in [-0.15, -0.1) is 11.8 Å². The van der Waals surface area contributed by atoms with Crippen LogP contribution in [0.4, 0.5) is 21.7 Å². The minimum absolute atomic E-state index is 0.0208. The number of Topliss-reactive ketones (excluding diaryl/α,β-unsaturated/α-hetero) is 1. The van der Waals surface area contributed by atoms with Crippen LogP contribution in [0, 0.1) is 5.82 Å². The van der Waals surface area contributed by atoms with Gasteiger partial charge in [0, 0.05) is 61.2 Å². The smallest absolute Gasteiger partial charge is 0.257 e. The Labute approximate surface area is 346 Å². The van der Waals surface area contributed by atoms with Gasteiger partial charge in [0.15, 0.2) is 21.4 Å². The summed E-state index contributed by atoms with van der Waals surface area (Å²) < 4.78 is 50.0. The number of carbonyl (C=O) groups excluding carboxylic acids is 2. The van der Waals surface area contributed by atoms with Crippen LogP contribution in [0.2, 0.25) is 0 Å². The van der Waals surface area contributed by atoms with Gasteiger partial charge in [-0.2, -0.15) is 0 Å². The Kier molecular flexibility index (Phi) is 12.3. The third-order valence-electron chi connectivity index (χ3n) is 10.5. The highest BCUT2D eigenvalue weighted by Crippen LogP contribution is 2.28. The van der Waals surface area contributed by atoms with Crippen LogP contribution in [-0.2, 0) is 27.5 Å². The number of sulfone groups is 1. The summed E-state index contributed by atoms with van der Waals surface area (Å²) in [4.78, 5) is 41.2. The van der Waals surface area contributed by atoms with E-state index in [1.165, 1.54) is 18.2 Å². The lowest BCUT2D eigenvalue weighted by Gasteiger charge is -2.31. The molecule has 2 aliphatic rings. The zero-order valence-corrected chi connectivity index (χ0v) is 33.9. The van der Waals surface area contributed by atoms with E-state index < -0.39 is 27.2 Å². The number of hydrogen-bond donors (Lipinski definition) is 2. The van der Waals surface area contributed by atoms with E-state index in [-0.39, 0.29) is 28.2 Å². The Bertz CT molecular complexity index is 2530. The normalized spacial score (nSPS) is 15.1. The number of thioether (sulfide) groups is 1. The fraction of sp³-hybridized carbons (Fsp3) is 0.273. The number of anilines is 3. The van der Waals surface area contributed by atoms with Crippen LogP contribution in [0.5, 0.6) is 0 Å². The summed E-state index contributed by atoms with van der Waals surface area (Å²) in [7, 11) is -4.22. The predicted octanol–water partition coefficient (Wildman–Crippen LogP) is 6.64. The van der Waals surface area contributed by atoms with Gasteiger partial charge in [-0.05, 0) is 84.6 Å². The second kappa shape index (κ2) is 18.1. The Hall–Kier alpha value is -5.61. The molecule has 0 unspecified atom stereocenters. The number of halogens is 1. The lowest BCUT2D eigenvalue weighted by molar-refractivity contribution is 0.0370. The lowest BCUT2D eigenvalue weighted by Crippen LogP contribution is -2.39. The third-order valence-corrected chi connectivity index (χ3v) is 13.3. The highest BCUT2D eigenvalue weighted by molar-refractivity contribution is 7.99. The number of benzene rings is 3. The van der Waals surface area contributed by atoms with Crippen LogP contribution in [0.1, 0.15) is 38.4 Å². The maximum Gasteiger partial charge on any atom is 0.257 e. The SMILES string of the molecule is O=C(CS(=O)(=O)c1ccc(N[C@H](CCN2CCOCC2)CSc2ccccc2)c(F)c1)c1cccc(N2CCc3cccc(C(=O)Nc4cn5ccccc5n4)c3C2)n1. The van der Waals surface area contributed by atoms with E-state index in [1.54, 1.807) is 36.2 Å². The van der Waals surface area contributed by atoms with Gasteiger partial charge >= 0.3 is 0 Å². The molecule has 59 heavy (non-hydrogen) atoms. The van der Waals surface area contributed by atoms with Crippen LogP contribution in [0.25, 0.3) is 5.65 Å². The molecule has 0 radical (unpaired) electrons. The average Bonchev–Trinajstić information content (AvgIpc) is 3.67. The fourth-order valence-corrected chi connectivity index (χ4v) is 9.56. The molecule has 5 heterocycles. The quantitative estimate of drug-likeness (QED) is 0.0852. The standard InChI is InChI=1S/C44H44FN7O5S2/c45-37-26-34(15-16-38(37)46-32(18-20-50-22-24-57-25-23-50)29-58-33-9-2-1-3-10-33)59(55,56)30-40(53)39-12-7-14-42(47-39)52-21-17-31-8-6-11-35(36(31)27-52)44(54)49-41-28-51-19-5-4-13-43(51)48-41/h1-16,19,26,28,32,46H,17-18,20-25,27,29-30H2,(H,49,54)/t32-/m1/s1. The summed E-state index contributed by atoms with van der Waals surface area (Å²) in [5.41, 5.74) is 3.26. The summed E-state index contributed by atoms with van der Waals surface area (Å²) >= 11 is 1.67. The summed E-state index contributed by atoms with van der Waals surface area (Å²) in [5, 5.41) is 6.23. The van der Waals surface area contributed by atoms with Crippen LogP contribution in [0.15, 0.2) is 125 Å². The molecule has 0 bridgehead atoms. The number of ether oxygens (including phenoxy) is 1. The number of nitrogens with zero attached hydrogens (tertiary/aromatic N) is 5. The molecule has 6 aromatic rings. The van der Waals surface area contributed by atoms with Crippen molar-refractivity contribution in [1.29, 1.82) is 0 Å². The van der Waals surface area contributed by atoms with Crippen LogP contribution in [0.3, 0.4) is 0 Å². The van der Waals surface area contributed by atoms with Gasteiger partial charge in [-0.3, -0.25) is 14.5 Å². The third kappa shape index (κ3) is 9.82. The van der Waals surface area contributed by atoms with E-state index in [2.05, 4.69) is 25.5 Å². The van der Waals surface area contributed by atoms with Gasteiger partial charge in [0.1, 0.15) is 28.7 Å². The minimum atomic E-state index is -4.22. The van der Waals surface area contributed by atoms with Crippen molar-refractivity contribution >= 4 is 56.3 Å². The van der Waals surface area contributed by atoms with Gasteiger partial charge in [-0.25, -0.2) is 22.8 Å². The van der Waals surface area contributed by atoms with E-state index in [0.717, 1.165) is 48.1 Å². The molecular formula is C44H44FN7O5S2. The largest absolute Gasteiger partial charge is 0.379 e. The van der Waals surface area contributed by atoms with Crippen molar-refractivity contribution in [1.82, 2.24) is 19.3 Å². The van der Waals surface area contributed by atoms with Crippen molar-refractivity contribution in [2.75, 3.05) is 66.4 Å². The molecule has 3 aromatic heterocycles. The molecule has 3 aromatic carbocycles. The Balaban J connectivity index is 0.922. The average molecular weight is 834 g/mol. The zero-order chi connectivity index (χ0) is 40.8. The van der Waals surface area contributed by atoms with Crippen molar-refractivity contribution in [3.63, 3.8) is 0 Å². The second-order valence-electron chi connectivity index (χ2n) is 14.6. The van der Waals surface area contributed by atoms with E-state index in [1.807, 2.05) is 76.2 Å². The summed E-state index contributed by atoms with van der Waals surface area (Å²) in [6.45, 7) is 4.81. The number of imidazole rings is 1. The lowest BCUT2D eigenvalue weighted by atomic mass is 9.94. The summed E-state index contributed by atoms with van der Waals surface area (Å²) in [6, 6.07) is 29.8. The van der Waals surface area contributed by atoms with Gasteiger partial charge in [-0.1, -0.05) is 42.5 Å². The van der Waals surface area contributed by atoms with Crippen LogP contribution >= 0.6 is 11.8 Å². The van der Waals surface area contributed by atoms with Crippen molar-refractivity contribution < 1.29 is 27.1 Å². The number of carbonyl (C=O) groups is 2. The molecule has 0 spiro atoms. The predicted molar refractivity (Wildman–Crippen MR) is 228 cm³/mol.